The number of aromatic amines is 2. The van der Waals surface area contributed by atoms with Gasteiger partial charge in [0.25, 0.3) is 23.6 Å². The SMILES string of the molecule is COc1c(C(N)=O)ccc2[nH]c(-c3ccc(Cl)cc3C(=O)NN)nc12.COc1c(C(N)=O)ccc2[nH]c(-c3ccc(Cl)cc3C(=O)NN)nc12.Cl.Cl. The van der Waals surface area contributed by atoms with Crippen molar-refractivity contribution in [1.29, 1.82) is 0 Å². The number of hydrogen-bond acceptors (Lipinski definition) is 10. The summed E-state index contributed by atoms with van der Waals surface area (Å²) in [4.78, 5) is 62.2. The van der Waals surface area contributed by atoms with E-state index in [0.717, 1.165) is 0 Å². The van der Waals surface area contributed by atoms with Gasteiger partial charge in [0, 0.05) is 21.2 Å². The number of imidazole rings is 2. The number of nitrogens with zero attached hydrogens (tertiary/aromatic N) is 2. The second-order valence-corrected chi connectivity index (χ2v) is 11.2. The van der Waals surface area contributed by atoms with E-state index in [9.17, 15) is 19.2 Å². The number of nitrogens with one attached hydrogen (secondary N) is 4. The summed E-state index contributed by atoms with van der Waals surface area (Å²) < 4.78 is 10.6. The van der Waals surface area contributed by atoms with Crippen molar-refractivity contribution in [2.75, 3.05) is 14.2 Å². The lowest BCUT2D eigenvalue weighted by Crippen LogP contribution is -2.30. The van der Waals surface area contributed by atoms with Crippen LogP contribution in [-0.4, -0.2) is 57.8 Å². The largest absolute Gasteiger partial charge is 0.494 e. The van der Waals surface area contributed by atoms with Crippen LogP contribution in [0.25, 0.3) is 44.8 Å². The molecule has 272 valence electrons. The second-order valence-electron chi connectivity index (χ2n) is 10.3. The number of halogens is 4. The number of ether oxygens (including phenoxy) is 2. The predicted octanol–water partition coefficient (Wildman–Crippen LogP) is 4.03. The maximum atomic E-state index is 12.0. The summed E-state index contributed by atoms with van der Waals surface area (Å²) >= 11 is 11.9. The summed E-state index contributed by atoms with van der Waals surface area (Å²) in [6.07, 6.45) is 0. The molecule has 0 atom stereocenters. The van der Waals surface area contributed by atoms with Crippen LogP contribution in [0.4, 0.5) is 0 Å². The van der Waals surface area contributed by atoms with Gasteiger partial charge in [0.15, 0.2) is 11.5 Å². The molecule has 20 heteroatoms. The maximum absolute atomic E-state index is 12.0. The third-order valence-corrected chi connectivity index (χ3v) is 7.85. The maximum Gasteiger partial charge on any atom is 0.265 e. The fraction of sp³-hybridized carbons (Fsp3) is 0.0625. The molecule has 0 saturated carbocycles. The number of amides is 4. The Kier molecular flexibility index (Phi) is 13.4. The monoisotopic (exact) mass is 790 g/mol. The summed E-state index contributed by atoms with van der Waals surface area (Å²) in [5, 5.41) is 0.763. The van der Waals surface area contributed by atoms with Crippen LogP contribution >= 0.6 is 48.0 Å². The summed E-state index contributed by atoms with van der Waals surface area (Å²) in [6, 6.07) is 15.9. The van der Waals surface area contributed by atoms with Gasteiger partial charge in [-0.3, -0.25) is 30.0 Å². The van der Waals surface area contributed by atoms with E-state index in [0.29, 0.717) is 54.9 Å². The molecule has 0 fully saturated rings. The molecule has 16 nitrogen and oxygen atoms in total. The Morgan fingerprint density at radius 3 is 1.29 bits per heavy atom. The molecule has 0 bridgehead atoms. The highest BCUT2D eigenvalue weighted by Gasteiger charge is 2.21. The third-order valence-electron chi connectivity index (χ3n) is 7.38. The molecule has 4 amide bonds. The van der Waals surface area contributed by atoms with Crippen LogP contribution in [0.2, 0.25) is 10.0 Å². The topological polar surface area (TPSA) is 272 Å². The first-order valence-electron chi connectivity index (χ1n) is 14.3. The van der Waals surface area contributed by atoms with Crippen LogP contribution in [0.1, 0.15) is 41.4 Å². The van der Waals surface area contributed by atoms with Crippen LogP contribution < -0.4 is 43.5 Å². The van der Waals surface area contributed by atoms with Crippen molar-refractivity contribution >= 4 is 93.7 Å². The van der Waals surface area contributed by atoms with Crippen LogP contribution in [0, 0.1) is 0 Å². The van der Waals surface area contributed by atoms with Gasteiger partial charge < -0.3 is 30.9 Å². The van der Waals surface area contributed by atoms with E-state index in [4.69, 9.17) is 55.8 Å². The van der Waals surface area contributed by atoms with E-state index in [2.05, 4.69) is 30.8 Å². The number of H-pyrrole nitrogens is 2. The Hall–Kier alpha value is -5.62. The molecule has 6 rings (SSSR count). The number of hydrazine groups is 2. The standard InChI is InChI=1S/2C16H14ClN5O3.2ClH/c2*1-25-13-9(14(18)23)4-5-11-12(13)21-15(20-11)8-3-2-7(17)6-10(8)16(24)22-19;;/h2*2-6H,19H2,1H3,(H2,18,23)(H,20,21)(H,22,24);2*1H. The van der Waals surface area contributed by atoms with Gasteiger partial charge in [0.2, 0.25) is 0 Å². The van der Waals surface area contributed by atoms with Gasteiger partial charge >= 0.3 is 0 Å². The van der Waals surface area contributed by atoms with Crippen molar-refractivity contribution in [3.05, 3.63) is 93.0 Å². The molecule has 52 heavy (non-hydrogen) atoms. The van der Waals surface area contributed by atoms with Crippen molar-refractivity contribution in [3.8, 4) is 34.3 Å². The molecule has 0 aliphatic rings. The Balaban J connectivity index is 0.000000270. The molecular formula is C32H30Cl4N10O6. The lowest BCUT2D eigenvalue weighted by molar-refractivity contribution is 0.0946. The molecule has 2 heterocycles. The zero-order valence-corrected chi connectivity index (χ0v) is 30.1. The normalized spacial score (nSPS) is 10.3. The summed E-state index contributed by atoms with van der Waals surface area (Å²) in [7, 11) is 2.84. The van der Waals surface area contributed by atoms with Crippen molar-refractivity contribution in [3.63, 3.8) is 0 Å². The second kappa shape index (κ2) is 17.1. The van der Waals surface area contributed by atoms with Gasteiger partial charge in [-0.05, 0) is 60.7 Å². The van der Waals surface area contributed by atoms with E-state index in [-0.39, 0.29) is 58.6 Å². The van der Waals surface area contributed by atoms with Crippen molar-refractivity contribution in [1.82, 2.24) is 30.8 Å². The zero-order chi connectivity index (χ0) is 36.3. The number of hydrogen-bond donors (Lipinski definition) is 8. The fourth-order valence-corrected chi connectivity index (χ4v) is 5.48. The Morgan fingerprint density at radius 2 is 0.981 bits per heavy atom. The molecule has 0 aliphatic heterocycles. The molecule has 0 saturated heterocycles. The number of primary amides is 2. The van der Waals surface area contributed by atoms with E-state index < -0.39 is 23.6 Å². The van der Waals surface area contributed by atoms with E-state index in [1.807, 2.05) is 0 Å². The Labute approximate surface area is 316 Å². The van der Waals surface area contributed by atoms with Crippen LogP contribution in [-0.2, 0) is 0 Å². The predicted molar refractivity (Wildman–Crippen MR) is 201 cm³/mol. The van der Waals surface area contributed by atoms with Gasteiger partial charge in [-0.2, -0.15) is 0 Å². The summed E-state index contributed by atoms with van der Waals surface area (Å²) in [5.74, 6) is 9.48. The lowest BCUT2D eigenvalue weighted by atomic mass is 10.1. The van der Waals surface area contributed by atoms with Crippen LogP contribution in [0.15, 0.2) is 60.7 Å². The number of methoxy groups -OCH3 is 2. The molecular weight excluding hydrogens is 762 g/mol. The number of rotatable bonds is 8. The highest BCUT2D eigenvalue weighted by atomic mass is 35.5. The van der Waals surface area contributed by atoms with Crippen molar-refractivity contribution in [2.45, 2.75) is 0 Å². The number of nitrogens with two attached hydrogens (primary N) is 4. The minimum Gasteiger partial charge on any atom is -0.494 e. The molecule has 0 spiro atoms. The van der Waals surface area contributed by atoms with Gasteiger partial charge in [0.1, 0.15) is 22.7 Å². The molecule has 0 unspecified atom stereocenters. The first-order valence-corrected chi connectivity index (χ1v) is 15.0. The molecule has 12 N–H and O–H groups in total. The Bertz CT molecular complexity index is 2170. The third kappa shape index (κ3) is 7.97. The van der Waals surface area contributed by atoms with Gasteiger partial charge in [-0.25, -0.2) is 21.7 Å². The highest BCUT2D eigenvalue weighted by Crippen LogP contribution is 2.34. The minimum atomic E-state index is -0.627. The smallest absolute Gasteiger partial charge is 0.265 e. The number of carbonyl (C=O) groups excluding carboxylic acids is 4. The van der Waals surface area contributed by atoms with Gasteiger partial charge in [0.05, 0.1) is 47.5 Å². The fourth-order valence-electron chi connectivity index (χ4n) is 5.13. The first kappa shape index (κ1) is 40.8. The quantitative estimate of drug-likeness (QED) is 0.0623. The van der Waals surface area contributed by atoms with Crippen LogP contribution in [0.3, 0.4) is 0 Å². The minimum absolute atomic E-state index is 0. The first-order chi connectivity index (χ1) is 23.9. The molecule has 2 aromatic heterocycles. The molecule has 6 aromatic rings. The van der Waals surface area contributed by atoms with Crippen LogP contribution in [0.5, 0.6) is 11.5 Å². The van der Waals surface area contributed by atoms with E-state index >= 15 is 0 Å². The number of fused-ring (bicyclic) bond motifs is 2. The van der Waals surface area contributed by atoms with E-state index in [1.165, 1.54) is 26.4 Å². The molecule has 0 aliphatic carbocycles. The van der Waals surface area contributed by atoms with Crippen molar-refractivity contribution < 1.29 is 28.7 Å². The van der Waals surface area contributed by atoms with E-state index in [1.54, 1.807) is 48.5 Å². The summed E-state index contributed by atoms with van der Waals surface area (Å²) in [5.41, 5.74) is 18.9. The number of benzene rings is 4. The highest BCUT2D eigenvalue weighted by molar-refractivity contribution is 6.31. The average Bonchev–Trinajstić information content (AvgIpc) is 3.75. The van der Waals surface area contributed by atoms with Crippen molar-refractivity contribution in [2.24, 2.45) is 23.2 Å². The number of aromatic nitrogens is 4. The summed E-state index contributed by atoms with van der Waals surface area (Å²) in [6.45, 7) is 0. The van der Waals surface area contributed by atoms with Gasteiger partial charge in [-0.15, -0.1) is 24.8 Å². The average molecular weight is 792 g/mol. The molecule has 4 aromatic carbocycles. The number of nitrogen functional groups attached to an aromatic ring is 2. The zero-order valence-electron chi connectivity index (χ0n) is 27.0. The number of carbonyl (C=O) groups is 4. The van der Waals surface area contributed by atoms with Gasteiger partial charge in [-0.1, -0.05) is 23.2 Å². The molecule has 0 radical (unpaired) electrons. The Morgan fingerprint density at radius 1 is 0.615 bits per heavy atom. The lowest BCUT2D eigenvalue weighted by Gasteiger charge is -2.06.